The van der Waals surface area contributed by atoms with Gasteiger partial charge in [0.05, 0.1) is 11.1 Å². The first kappa shape index (κ1) is 13.1. The summed E-state index contributed by atoms with van der Waals surface area (Å²) in [5.41, 5.74) is 1.84. The molecule has 0 amide bonds. The van der Waals surface area contributed by atoms with Crippen LogP contribution in [0, 0.1) is 5.92 Å². The van der Waals surface area contributed by atoms with Crippen LogP contribution in [-0.4, -0.2) is 26.1 Å². The number of fused-ring (bicyclic) bond motifs is 1. The third-order valence-corrected chi connectivity index (χ3v) is 4.22. The molecule has 1 fully saturated rings. The Morgan fingerprint density at radius 2 is 2.15 bits per heavy atom. The van der Waals surface area contributed by atoms with Gasteiger partial charge in [-0.25, -0.2) is 9.48 Å². The van der Waals surface area contributed by atoms with Gasteiger partial charge in [-0.3, -0.25) is 0 Å². The number of aromatic carboxylic acids is 1. The highest BCUT2D eigenvalue weighted by atomic mass is 16.4. The third kappa shape index (κ3) is 2.66. The molecular formula is C15H19N3O2. The fourth-order valence-corrected chi connectivity index (χ4v) is 3.10. The summed E-state index contributed by atoms with van der Waals surface area (Å²) in [7, 11) is 0. The standard InChI is InChI=1S/C15H19N3O2/c19-15(20)12-7-8-14-13(10-12)16-17-18(14)9-3-6-11-4-1-2-5-11/h7-8,10-11H,1-6,9H2,(H,19,20). The molecule has 2 aromatic rings. The number of carboxylic acid groups (broad SMARTS) is 1. The number of hydrogen-bond donors (Lipinski definition) is 1. The van der Waals surface area contributed by atoms with Gasteiger partial charge >= 0.3 is 5.97 Å². The van der Waals surface area contributed by atoms with E-state index in [1.54, 1.807) is 18.2 Å². The molecule has 0 saturated heterocycles. The first-order valence-corrected chi connectivity index (χ1v) is 7.30. The quantitative estimate of drug-likeness (QED) is 0.909. The van der Waals surface area contributed by atoms with Crippen molar-refractivity contribution in [3.63, 3.8) is 0 Å². The summed E-state index contributed by atoms with van der Waals surface area (Å²) in [4.78, 5) is 10.9. The molecule has 1 heterocycles. The second-order valence-electron chi connectivity index (χ2n) is 5.61. The van der Waals surface area contributed by atoms with Crippen molar-refractivity contribution < 1.29 is 9.90 Å². The lowest BCUT2D eigenvalue weighted by molar-refractivity contribution is 0.0697. The molecule has 0 unspecified atom stereocenters. The van der Waals surface area contributed by atoms with E-state index in [1.807, 2.05) is 4.68 Å². The highest BCUT2D eigenvalue weighted by Crippen LogP contribution is 2.28. The Hall–Kier alpha value is -1.91. The number of nitrogens with zero attached hydrogens (tertiary/aromatic N) is 3. The van der Waals surface area contributed by atoms with Gasteiger partial charge < -0.3 is 5.11 Å². The first-order valence-electron chi connectivity index (χ1n) is 7.30. The topological polar surface area (TPSA) is 68.0 Å². The summed E-state index contributed by atoms with van der Waals surface area (Å²) in [6.07, 6.45) is 7.89. The van der Waals surface area contributed by atoms with E-state index in [2.05, 4.69) is 10.3 Å². The Kier molecular flexibility index (Phi) is 3.67. The molecule has 1 aromatic heterocycles. The van der Waals surface area contributed by atoms with E-state index in [9.17, 15) is 4.79 Å². The van der Waals surface area contributed by atoms with E-state index in [0.29, 0.717) is 5.52 Å². The lowest BCUT2D eigenvalue weighted by Gasteiger charge is -2.08. The molecule has 1 N–H and O–H groups in total. The molecule has 0 aliphatic heterocycles. The lowest BCUT2D eigenvalue weighted by atomic mass is 10.0. The minimum absolute atomic E-state index is 0.260. The van der Waals surface area contributed by atoms with Crippen LogP contribution in [0.15, 0.2) is 18.2 Å². The highest BCUT2D eigenvalue weighted by molar-refractivity contribution is 5.92. The van der Waals surface area contributed by atoms with E-state index in [4.69, 9.17) is 5.11 Å². The van der Waals surface area contributed by atoms with Crippen LogP contribution < -0.4 is 0 Å². The Labute approximate surface area is 117 Å². The lowest BCUT2D eigenvalue weighted by Crippen LogP contribution is -2.03. The molecule has 0 spiro atoms. The molecule has 3 rings (SSSR count). The van der Waals surface area contributed by atoms with Crippen LogP contribution in [0.2, 0.25) is 0 Å². The maximum Gasteiger partial charge on any atom is 0.335 e. The van der Waals surface area contributed by atoms with Crippen molar-refractivity contribution in [2.24, 2.45) is 5.92 Å². The summed E-state index contributed by atoms with van der Waals surface area (Å²) in [5, 5.41) is 17.2. The molecular weight excluding hydrogens is 254 g/mol. The van der Waals surface area contributed by atoms with Crippen LogP contribution >= 0.6 is 0 Å². The molecule has 0 radical (unpaired) electrons. The van der Waals surface area contributed by atoms with Crippen molar-refractivity contribution >= 4 is 17.0 Å². The third-order valence-electron chi connectivity index (χ3n) is 4.22. The molecule has 106 valence electrons. The summed E-state index contributed by atoms with van der Waals surface area (Å²) in [6.45, 7) is 0.861. The van der Waals surface area contributed by atoms with Gasteiger partial charge in [0.15, 0.2) is 0 Å². The predicted octanol–water partition coefficient (Wildman–Crippen LogP) is 3.10. The van der Waals surface area contributed by atoms with Gasteiger partial charge in [0.2, 0.25) is 0 Å². The van der Waals surface area contributed by atoms with Gasteiger partial charge in [-0.1, -0.05) is 30.9 Å². The Morgan fingerprint density at radius 3 is 2.90 bits per heavy atom. The Balaban J connectivity index is 1.67. The van der Waals surface area contributed by atoms with Crippen LogP contribution in [0.4, 0.5) is 0 Å². The largest absolute Gasteiger partial charge is 0.478 e. The maximum atomic E-state index is 10.9. The van der Waals surface area contributed by atoms with E-state index >= 15 is 0 Å². The molecule has 5 nitrogen and oxygen atoms in total. The van der Waals surface area contributed by atoms with Crippen LogP contribution in [0.1, 0.15) is 48.9 Å². The molecule has 5 heteroatoms. The summed E-state index contributed by atoms with van der Waals surface area (Å²) < 4.78 is 1.88. The van der Waals surface area contributed by atoms with Crippen LogP contribution in [0.5, 0.6) is 0 Å². The summed E-state index contributed by atoms with van der Waals surface area (Å²) in [6, 6.07) is 4.99. The van der Waals surface area contributed by atoms with Crippen LogP contribution in [-0.2, 0) is 6.54 Å². The number of aryl methyl sites for hydroxylation is 1. The number of carbonyl (C=O) groups is 1. The maximum absolute atomic E-state index is 10.9. The second-order valence-corrected chi connectivity index (χ2v) is 5.61. The summed E-state index contributed by atoms with van der Waals surface area (Å²) in [5.74, 6) is -0.0360. The minimum atomic E-state index is -0.928. The highest BCUT2D eigenvalue weighted by Gasteiger charge is 2.15. The molecule has 0 atom stereocenters. The average Bonchev–Trinajstić information content (AvgIpc) is 3.08. The number of carboxylic acids is 1. The number of rotatable bonds is 5. The van der Waals surface area contributed by atoms with Gasteiger partial charge in [-0.15, -0.1) is 5.10 Å². The van der Waals surface area contributed by atoms with E-state index < -0.39 is 5.97 Å². The molecule has 1 saturated carbocycles. The molecule has 1 aliphatic rings. The Bertz CT molecular complexity index is 615. The Morgan fingerprint density at radius 1 is 1.35 bits per heavy atom. The SMILES string of the molecule is O=C(O)c1ccc2c(c1)nnn2CCCC1CCCC1. The van der Waals surface area contributed by atoms with Crippen molar-refractivity contribution in [2.75, 3.05) is 0 Å². The van der Waals surface area contributed by atoms with E-state index in [1.165, 1.54) is 32.1 Å². The average molecular weight is 273 g/mol. The fourth-order valence-electron chi connectivity index (χ4n) is 3.10. The first-order chi connectivity index (χ1) is 9.74. The fraction of sp³-hybridized carbons (Fsp3) is 0.533. The minimum Gasteiger partial charge on any atom is -0.478 e. The molecule has 1 aromatic carbocycles. The van der Waals surface area contributed by atoms with Crippen molar-refractivity contribution in [1.82, 2.24) is 15.0 Å². The van der Waals surface area contributed by atoms with Crippen molar-refractivity contribution in [1.29, 1.82) is 0 Å². The monoisotopic (exact) mass is 273 g/mol. The zero-order valence-electron chi connectivity index (χ0n) is 11.5. The van der Waals surface area contributed by atoms with Gasteiger partial charge in [0.25, 0.3) is 0 Å². The van der Waals surface area contributed by atoms with Gasteiger partial charge in [-0.2, -0.15) is 0 Å². The normalized spacial score (nSPS) is 16.0. The second kappa shape index (κ2) is 5.61. The predicted molar refractivity (Wildman–Crippen MR) is 75.7 cm³/mol. The van der Waals surface area contributed by atoms with E-state index in [-0.39, 0.29) is 5.56 Å². The molecule has 20 heavy (non-hydrogen) atoms. The molecule has 1 aliphatic carbocycles. The zero-order chi connectivity index (χ0) is 13.9. The van der Waals surface area contributed by atoms with Crippen molar-refractivity contribution in [2.45, 2.75) is 45.1 Å². The summed E-state index contributed by atoms with van der Waals surface area (Å²) >= 11 is 0. The number of aromatic nitrogens is 3. The smallest absolute Gasteiger partial charge is 0.335 e. The van der Waals surface area contributed by atoms with Gasteiger partial charge in [0, 0.05) is 6.54 Å². The number of hydrogen-bond acceptors (Lipinski definition) is 3. The van der Waals surface area contributed by atoms with Gasteiger partial charge in [-0.05, 0) is 37.0 Å². The molecule has 0 bridgehead atoms. The van der Waals surface area contributed by atoms with Crippen molar-refractivity contribution in [3.8, 4) is 0 Å². The van der Waals surface area contributed by atoms with Crippen molar-refractivity contribution in [3.05, 3.63) is 23.8 Å². The van der Waals surface area contributed by atoms with Gasteiger partial charge in [0.1, 0.15) is 5.52 Å². The van der Waals surface area contributed by atoms with Crippen LogP contribution in [0.3, 0.4) is 0 Å². The van der Waals surface area contributed by atoms with Crippen LogP contribution in [0.25, 0.3) is 11.0 Å². The number of benzene rings is 1. The van der Waals surface area contributed by atoms with E-state index in [0.717, 1.165) is 24.4 Å². The zero-order valence-corrected chi connectivity index (χ0v) is 11.5.